The van der Waals surface area contributed by atoms with Gasteiger partial charge in [0.2, 0.25) is 0 Å². The Kier molecular flexibility index (Phi) is 7.68. The summed E-state index contributed by atoms with van der Waals surface area (Å²) in [6.07, 6.45) is 3.42. The van der Waals surface area contributed by atoms with E-state index < -0.39 is 0 Å². The number of nitrogens with zero attached hydrogens (tertiary/aromatic N) is 5. The van der Waals surface area contributed by atoms with Gasteiger partial charge in [-0.1, -0.05) is 42.2 Å². The van der Waals surface area contributed by atoms with Crippen molar-refractivity contribution in [3.05, 3.63) is 69.0 Å². The van der Waals surface area contributed by atoms with Crippen LogP contribution in [0.2, 0.25) is 0 Å². The minimum Gasteiger partial charge on any atom is -0.495 e. The van der Waals surface area contributed by atoms with E-state index in [1.54, 1.807) is 30.9 Å². The average Bonchev–Trinajstić information content (AvgIpc) is 3.20. The summed E-state index contributed by atoms with van der Waals surface area (Å²) in [5, 5.41) is 0. The molecule has 1 aromatic carbocycles. The summed E-state index contributed by atoms with van der Waals surface area (Å²) in [5.41, 5.74) is 2.70. The first-order valence-corrected chi connectivity index (χ1v) is 13.5. The molecule has 0 radical (unpaired) electrons. The van der Waals surface area contributed by atoms with Gasteiger partial charge in [0.05, 0.1) is 36.4 Å². The van der Waals surface area contributed by atoms with Gasteiger partial charge in [-0.15, -0.1) is 0 Å². The Morgan fingerprint density at radius 3 is 2.53 bits per heavy atom. The largest absolute Gasteiger partial charge is 0.495 e. The molecule has 0 saturated carbocycles. The van der Waals surface area contributed by atoms with Crippen molar-refractivity contribution < 1.29 is 14.3 Å². The third kappa shape index (κ3) is 5.01. The van der Waals surface area contributed by atoms with Crippen LogP contribution in [0.15, 0.2) is 52.3 Å². The molecule has 2 fully saturated rings. The van der Waals surface area contributed by atoms with Gasteiger partial charge in [0, 0.05) is 39.5 Å². The molecule has 198 valence electrons. The maximum atomic E-state index is 13.8. The highest BCUT2D eigenvalue weighted by Gasteiger charge is 2.33. The van der Waals surface area contributed by atoms with Crippen LogP contribution in [0.4, 0.5) is 11.5 Å². The lowest BCUT2D eigenvalue weighted by Crippen LogP contribution is -2.47. The van der Waals surface area contributed by atoms with E-state index in [4.69, 9.17) is 26.7 Å². The van der Waals surface area contributed by atoms with Gasteiger partial charge < -0.3 is 19.3 Å². The van der Waals surface area contributed by atoms with Crippen LogP contribution in [0.3, 0.4) is 0 Å². The highest BCUT2D eigenvalue weighted by molar-refractivity contribution is 8.26. The number of aryl methyl sites for hydroxylation is 1. The zero-order chi connectivity index (χ0) is 26.8. The fourth-order valence-corrected chi connectivity index (χ4v) is 5.96. The summed E-state index contributed by atoms with van der Waals surface area (Å²) in [5.74, 6) is 1.17. The second kappa shape index (κ2) is 11.1. The first-order valence-electron chi connectivity index (χ1n) is 12.3. The molecule has 2 saturated heterocycles. The maximum Gasteiger partial charge on any atom is 0.267 e. The average molecular weight is 552 g/mol. The molecule has 0 aliphatic carbocycles. The molecular formula is C27H29N5O4S2. The van der Waals surface area contributed by atoms with Gasteiger partial charge in [0.25, 0.3) is 11.5 Å². The molecule has 0 spiro atoms. The Labute approximate surface area is 230 Å². The summed E-state index contributed by atoms with van der Waals surface area (Å²) < 4.78 is 12.7. The molecule has 9 nitrogen and oxygen atoms in total. The maximum absolute atomic E-state index is 13.8. The number of piperazine rings is 1. The second-order valence-electron chi connectivity index (χ2n) is 9.06. The van der Waals surface area contributed by atoms with Crippen molar-refractivity contribution in [2.24, 2.45) is 0 Å². The predicted molar refractivity (Wildman–Crippen MR) is 155 cm³/mol. The highest BCUT2D eigenvalue weighted by Crippen LogP contribution is 2.34. The first kappa shape index (κ1) is 26.2. The van der Waals surface area contributed by atoms with Gasteiger partial charge in [-0.2, -0.15) is 0 Å². The number of fused-ring (bicyclic) bond motifs is 1. The van der Waals surface area contributed by atoms with Crippen molar-refractivity contribution in [2.75, 3.05) is 63.4 Å². The number of rotatable bonds is 7. The molecule has 0 bridgehead atoms. The third-order valence-corrected chi connectivity index (χ3v) is 8.04. The molecule has 2 aliphatic rings. The standard InChI is InChI=1S/C27H29N5O4S2/c1-18-8-9-23-28-24(30-12-10-29(11-13-30)20-6-4-5-7-21(20)36-3)19(25(33)32(23)17-18)16-22-26(34)31(14-15-35-2)27(37)38-22/h4-9,16-17H,10-15H2,1-3H3/b22-16-. The van der Waals surface area contributed by atoms with E-state index in [0.717, 1.165) is 30.1 Å². The third-order valence-electron chi connectivity index (χ3n) is 6.66. The Balaban J connectivity index is 1.51. The molecule has 2 aromatic heterocycles. The van der Waals surface area contributed by atoms with Gasteiger partial charge in [0.1, 0.15) is 21.5 Å². The van der Waals surface area contributed by atoms with E-state index in [-0.39, 0.29) is 11.5 Å². The number of thioether (sulfide) groups is 1. The number of ether oxygens (including phenoxy) is 2. The number of methoxy groups -OCH3 is 2. The highest BCUT2D eigenvalue weighted by atomic mass is 32.2. The quantitative estimate of drug-likeness (QED) is 0.325. The van der Waals surface area contributed by atoms with Crippen molar-refractivity contribution >= 4 is 57.4 Å². The monoisotopic (exact) mass is 551 g/mol. The SMILES string of the molecule is COCCN1C(=O)/C(=C/c2c(N3CCN(c4ccccc4OC)CC3)nc3ccc(C)cn3c2=O)SC1=S. The van der Waals surface area contributed by atoms with E-state index in [1.165, 1.54) is 16.7 Å². The van der Waals surface area contributed by atoms with E-state index in [0.29, 0.717) is 52.5 Å². The fourth-order valence-electron chi connectivity index (χ4n) is 4.67. The van der Waals surface area contributed by atoms with Crippen LogP contribution in [-0.2, 0) is 9.53 Å². The van der Waals surface area contributed by atoms with Crippen molar-refractivity contribution in [3.63, 3.8) is 0 Å². The van der Waals surface area contributed by atoms with Crippen molar-refractivity contribution in [1.82, 2.24) is 14.3 Å². The number of amides is 1. The molecule has 4 heterocycles. The molecule has 0 N–H and O–H groups in total. The fraction of sp³-hybridized carbons (Fsp3) is 0.333. The van der Waals surface area contributed by atoms with E-state index >= 15 is 0 Å². The molecular weight excluding hydrogens is 522 g/mol. The number of hydrogen-bond donors (Lipinski definition) is 0. The number of anilines is 2. The minimum atomic E-state index is -0.224. The van der Waals surface area contributed by atoms with Crippen LogP contribution in [0.1, 0.15) is 11.1 Å². The van der Waals surface area contributed by atoms with Crippen LogP contribution < -0.4 is 20.1 Å². The zero-order valence-corrected chi connectivity index (χ0v) is 23.2. The Hall–Kier alpha value is -3.41. The van der Waals surface area contributed by atoms with Crippen LogP contribution in [-0.4, -0.2) is 78.1 Å². The number of hydrogen-bond acceptors (Lipinski definition) is 9. The van der Waals surface area contributed by atoms with E-state index in [1.807, 2.05) is 37.3 Å². The molecule has 3 aromatic rings. The Bertz CT molecular complexity index is 1480. The number of para-hydroxylation sites is 2. The molecule has 0 atom stereocenters. The van der Waals surface area contributed by atoms with Gasteiger partial charge >= 0.3 is 0 Å². The Morgan fingerprint density at radius 2 is 1.79 bits per heavy atom. The number of thiocarbonyl (C=S) groups is 1. The summed E-state index contributed by atoms with van der Waals surface area (Å²) >= 11 is 6.63. The summed E-state index contributed by atoms with van der Waals surface area (Å²) in [7, 11) is 3.25. The van der Waals surface area contributed by atoms with Gasteiger partial charge in [0.15, 0.2) is 0 Å². The Morgan fingerprint density at radius 1 is 1.05 bits per heavy atom. The van der Waals surface area contributed by atoms with Crippen molar-refractivity contribution in [1.29, 1.82) is 0 Å². The zero-order valence-electron chi connectivity index (χ0n) is 21.5. The summed E-state index contributed by atoms with van der Waals surface area (Å²) in [4.78, 5) is 38.1. The lowest BCUT2D eigenvalue weighted by atomic mass is 10.2. The summed E-state index contributed by atoms with van der Waals surface area (Å²) in [6, 6.07) is 11.7. The number of pyridine rings is 1. The molecule has 5 rings (SSSR count). The van der Waals surface area contributed by atoms with E-state index in [2.05, 4.69) is 15.9 Å². The molecule has 11 heteroatoms. The second-order valence-corrected chi connectivity index (χ2v) is 10.7. The molecule has 0 unspecified atom stereocenters. The smallest absolute Gasteiger partial charge is 0.267 e. The number of aromatic nitrogens is 2. The number of carbonyl (C=O) groups is 1. The van der Waals surface area contributed by atoms with Gasteiger partial charge in [-0.25, -0.2) is 4.98 Å². The van der Waals surface area contributed by atoms with Crippen LogP contribution in [0, 0.1) is 6.92 Å². The van der Waals surface area contributed by atoms with Gasteiger partial charge in [-0.05, 0) is 36.8 Å². The first-order chi connectivity index (χ1) is 18.4. The number of carbonyl (C=O) groups excluding carboxylic acids is 1. The van der Waals surface area contributed by atoms with Crippen LogP contribution >= 0.6 is 24.0 Å². The van der Waals surface area contributed by atoms with Crippen LogP contribution in [0.25, 0.3) is 11.7 Å². The van der Waals surface area contributed by atoms with Crippen molar-refractivity contribution in [2.45, 2.75) is 6.92 Å². The molecule has 2 aliphatic heterocycles. The summed E-state index contributed by atoms with van der Waals surface area (Å²) in [6.45, 7) is 5.44. The van der Waals surface area contributed by atoms with Gasteiger partial charge in [-0.3, -0.25) is 18.9 Å². The molecule has 38 heavy (non-hydrogen) atoms. The van der Waals surface area contributed by atoms with Crippen LogP contribution in [0.5, 0.6) is 5.75 Å². The lowest BCUT2D eigenvalue weighted by molar-refractivity contribution is -0.122. The topological polar surface area (TPSA) is 79.6 Å². The lowest BCUT2D eigenvalue weighted by Gasteiger charge is -2.37. The predicted octanol–water partition coefficient (Wildman–Crippen LogP) is 3.19. The number of benzene rings is 1. The normalized spacial score (nSPS) is 17.2. The molecule has 1 amide bonds. The van der Waals surface area contributed by atoms with E-state index in [9.17, 15) is 9.59 Å². The minimum absolute atomic E-state index is 0.219. The van der Waals surface area contributed by atoms with Crippen molar-refractivity contribution in [3.8, 4) is 5.75 Å².